The van der Waals surface area contributed by atoms with Crippen LogP contribution < -0.4 is 15.4 Å². The molecule has 0 fully saturated rings. The third kappa shape index (κ3) is 6.19. The number of nitrogens with zero attached hydrogens (tertiary/aromatic N) is 3. The first-order valence-electron chi connectivity index (χ1n) is 6.49. The van der Waals surface area contributed by atoms with Crippen molar-refractivity contribution >= 4 is 11.9 Å². The molecule has 0 saturated heterocycles. The monoisotopic (exact) mass is 269 g/mol. The van der Waals surface area contributed by atoms with Gasteiger partial charge in [0.1, 0.15) is 0 Å². The quantitative estimate of drug-likeness (QED) is 0.658. The van der Waals surface area contributed by atoms with Crippen LogP contribution in [0.2, 0.25) is 0 Å². The predicted molar refractivity (Wildman–Crippen MR) is 74.7 cm³/mol. The van der Waals surface area contributed by atoms with Gasteiger partial charge in [0.05, 0.1) is 6.10 Å². The molecular weight excluding hydrogens is 246 g/mol. The Bertz CT molecular complexity index is 373. The van der Waals surface area contributed by atoms with Gasteiger partial charge in [-0.3, -0.25) is 0 Å². The molecule has 1 aromatic heterocycles. The molecule has 1 aromatic rings. The molecule has 0 aromatic carbocycles. The normalized spacial score (nSPS) is 10.6. The summed E-state index contributed by atoms with van der Waals surface area (Å²) in [5.41, 5.74) is 0. The number of ether oxygens (including phenoxy) is 2. The fraction of sp³-hybridized carbons (Fsp3) is 0.750. The van der Waals surface area contributed by atoms with Crippen molar-refractivity contribution in [1.82, 2.24) is 15.0 Å². The minimum Gasteiger partial charge on any atom is -0.461 e. The summed E-state index contributed by atoms with van der Waals surface area (Å²) in [6, 6.07) is 0.328. The zero-order valence-electron chi connectivity index (χ0n) is 12.1. The number of aromatic nitrogens is 3. The van der Waals surface area contributed by atoms with E-state index in [-0.39, 0.29) is 6.10 Å². The maximum atomic E-state index is 5.48. The lowest BCUT2D eigenvalue weighted by atomic mass is 10.3. The maximum Gasteiger partial charge on any atom is 0.323 e. The van der Waals surface area contributed by atoms with Gasteiger partial charge in [0.2, 0.25) is 11.9 Å². The molecule has 0 unspecified atom stereocenters. The molecule has 0 amide bonds. The van der Waals surface area contributed by atoms with Crippen molar-refractivity contribution < 1.29 is 9.47 Å². The van der Waals surface area contributed by atoms with Gasteiger partial charge >= 0.3 is 6.01 Å². The molecule has 0 aliphatic rings. The second-order valence-corrected chi connectivity index (χ2v) is 4.31. The first kappa shape index (κ1) is 15.4. The smallest absolute Gasteiger partial charge is 0.323 e. The summed E-state index contributed by atoms with van der Waals surface area (Å²) >= 11 is 0. The van der Waals surface area contributed by atoms with Crippen molar-refractivity contribution in [1.29, 1.82) is 0 Å². The molecule has 7 nitrogen and oxygen atoms in total. The van der Waals surface area contributed by atoms with Gasteiger partial charge in [-0.15, -0.1) is 0 Å². The highest BCUT2D eigenvalue weighted by Crippen LogP contribution is 2.12. The average molecular weight is 269 g/mol. The molecule has 0 aliphatic heterocycles. The van der Waals surface area contributed by atoms with E-state index in [0.29, 0.717) is 17.9 Å². The lowest BCUT2D eigenvalue weighted by Gasteiger charge is -2.11. The Kier molecular flexibility index (Phi) is 6.88. The first-order chi connectivity index (χ1) is 9.15. The van der Waals surface area contributed by atoms with Crippen LogP contribution in [0.5, 0.6) is 6.01 Å². The van der Waals surface area contributed by atoms with Crippen molar-refractivity contribution in [2.75, 3.05) is 37.9 Å². The van der Waals surface area contributed by atoms with Gasteiger partial charge in [0.15, 0.2) is 0 Å². The Labute approximate surface area is 114 Å². The summed E-state index contributed by atoms with van der Waals surface area (Å²) in [6.07, 6.45) is 2.03. The molecule has 0 spiro atoms. The molecule has 0 aliphatic carbocycles. The minimum absolute atomic E-state index is 0.0293. The second-order valence-electron chi connectivity index (χ2n) is 4.31. The number of anilines is 2. The number of methoxy groups -OCH3 is 1. The standard InChI is InChI=1S/C12H23N5O2/c1-9(2)19-12-16-10(13-3)15-11(17-12)14-7-5-6-8-18-4/h9H,5-8H2,1-4H3,(H2,13,14,15,16,17). The van der Waals surface area contributed by atoms with E-state index in [9.17, 15) is 0 Å². The summed E-state index contributed by atoms with van der Waals surface area (Å²) in [5.74, 6) is 1.01. The fourth-order valence-electron chi connectivity index (χ4n) is 1.38. The molecule has 0 saturated carbocycles. The van der Waals surface area contributed by atoms with Crippen LogP contribution in [0.1, 0.15) is 26.7 Å². The van der Waals surface area contributed by atoms with Crippen LogP contribution in [0.15, 0.2) is 0 Å². The lowest BCUT2D eigenvalue weighted by Crippen LogP contribution is -2.13. The van der Waals surface area contributed by atoms with Crippen molar-refractivity contribution in [3.63, 3.8) is 0 Å². The highest BCUT2D eigenvalue weighted by atomic mass is 16.5. The van der Waals surface area contributed by atoms with Crippen LogP contribution in [0.4, 0.5) is 11.9 Å². The van der Waals surface area contributed by atoms with Gasteiger partial charge in [-0.05, 0) is 26.7 Å². The predicted octanol–water partition coefficient (Wildman–Crippen LogP) is 1.54. The zero-order valence-corrected chi connectivity index (χ0v) is 12.1. The average Bonchev–Trinajstić information content (AvgIpc) is 2.37. The maximum absolute atomic E-state index is 5.48. The molecule has 1 rings (SSSR count). The Morgan fingerprint density at radius 3 is 2.47 bits per heavy atom. The van der Waals surface area contributed by atoms with Crippen LogP contribution in [-0.2, 0) is 4.74 Å². The summed E-state index contributed by atoms with van der Waals surface area (Å²) in [6.45, 7) is 5.42. The third-order valence-corrected chi connectivity index (χ3v) is 2.24. The van der Waals surface area contributed by atoms with Gasteiger partial charge < -0.3 is 20.1 Å². The van der Waals surface area contributed by atoms with Crippen LogP contribution in [0, 0.1) is 0 Å². The van der Waals surface area contributed by atoms with E-state index in [2.05, 4.69) is 25.6 Å². The van der Waals surface area contributed by atoms with E-state index >= 15 is 0 Å². The SMILES string of the molecule is CNc1nc(NCCCCOC)nc(OC(C)C)n1. The Morgan fingerprint density at radius 1 is 1.11 bits per heavy atom. The molecule has 19 heavy (non-hydrogen) atoms. The molecular formula is C12H23N5O2. The van der Waals surface area contributed by atoms with Crippen molar-refractivity contribution in [2.45, 2.75) is 32.8 Å². The van der Waals surface area contributed by atoms with Gasteiger partial charge in [-0.1, -0.05) is 0 Å². The second kappa shape index (κ2) is 8.47. The molecule has 7 heteroatoms. The highest BCUT2D eigenvalue weighted by Gasteiger charge is 2.07. The van der Waals surface area contributed by atoms with Gasteiger partial charge in [-0.25, -0.2) is 0 Å². The topological polar surface area (TPSA) is 81.2 Å². The van der Waals surface area contributed by atoms with Gasteiger partial charge in [0, 0.05) is 27.3 Å². The number of hydrogen-bond acceptors (Lipinski definition) is 7. The van der Waals surface area contributed by atoms with E-state index in [1.165, 1.54) is 0 Å². The third-order valence-electron chi connectivity index (χ3n) is 2.24. The van der Waals surface area contributed by atoms with E-state index in [1.54, 1.807) is 14.2 Å². The van der Waals surface area contributed by atoms with Crippen LogP contribution >= 0.6 is 0 Å². The van der Waals surface area contributed by atoms with Crippen molar-refractivity contribution in [3.8, 4) is 6.01 Å². The summed E-state index contributed by atoms with van der Waals surface area (Å²) < 4.78 is 10.5. The van der Waals surface area contributed by atoms with E-state index in [1.807, 2.05) is 13.8 Å². The summed E-state index contributed by atoms with van der Waals surface area (Å²) in [7, 11) is 3.46. The van der Waals surface area contributed by atoms with Crippen LogP contribution in [-0.4, -0.2) is 48.4 Å². The van der Waals surface area contributed by atoms with Gasteiger partial charge in [-0.2, -0.15) is 15.0 Å². The molecule has 2 N–H and O–H groups in total. The number of hydrogen-bond donors (Lipinski definition) is 2. The fourth-order valence-corrected chi connectivity index (χ4v) is 1.38. The Hall–Kier alpha value is -1.63. The van der Waals surface area contributed by atoms with E-state index in [0.717, 1.165) is 26.0 Å². The molecule has 108 valence electrons. The number of rotatable bonds is 9. The zero-order chi connectivity index (χ0) is 14.1. The van der Waals surface area contributed by atoms with Crippen molar-refractivity contribution in [3.05, 3.63) is 0 Å². The van der Waals surface area contributed by atoms with E-state index < -0.39 is 0 Å². The Balaban J connectivity index is 2.55. The number of unbranched alkanes of at least 4 members (excludes halogenated alkanes) is 1. The van der Waals surface area contributed by atoms with Crippen molar-refractivity contribution in [2.24, 2.45) is 0 Å². The molecule has 0 bridgehead atoms. The molecule has 0 radical (unpaired) electrons. The minimum atomic E-state index is 0.0293. The summed E-state index contributed by atoms with van der Waals surface area (Å²) in [5, 5.41) is 6.04. The largest absolute Gasteiger partial charge is 0.461 e. The Morgan fingerprint density at radius 2 is 1.84 bits per heavy atom. The van der Waals surface area contributed by atoms with E-state index in [4.69, 9.17) is 9.47 Å². The van der Waals surface area contributed by atoms with Gasteiger partial charge in [0.25, 0.3) is 0 Å². The van der Waals surface area contributed by atoms with Crippen LogP contribution in [0.3, 0.4) is 0 Å². The summed E-state index contributed by atoms with van der Waals surface area (Å²) in [4.78, 5) is 12.6. The molecule has 1 heterocycles. The van der Waals surface area contributed by atoms with Crippen LogP contribution in [0.25, 0.3) is 0 Å². The first-order valence-corrected chi connectivity index (χ1v) is 6.49. The lowest BCUT2D eigenvalue weighted by molar-refractivity contribution is 0.193. The highest BCUT2D eigenvalue weighted by molar-refractivity contribution is 5.35. The molecule has 0 atom stereocenters. The number of nitrogens with one attached hydrogen (secondary N) is 2.